The van der Waals surface area contributed by atoms with Crippen LogP contribution in [0.15, 0.2) is 36.5 Å². The van der Waals surface area contributed by atoms with Crippen LogP contribution in [0.5, 0.6) is 0 Å². The minimum atomic E-state index is 0.531. The maximum absolute atomic E-state index is 4.15. The highest BCUT2D eigenvalue weighted by atomic mass is 15.4. The van der Waals surface area contributed by atoms with Gasteiger partial charge in [-0.05, 0) is 30.9 Å². The predicted molar refractivity (Wildman–Crippen MR) is 77.1 cm³/mol. The van der Waals surface area contributed by atoms with E-state index in [4.69, 9.17) is 0 Å². The fraction of sp³-hybridized carbons (Fsp3) is 0.467. The smallest absolute Gasteiger partial charge is 0.0827 e. The zero-order valence-electron chi connectivity index (χ0n) is 11.7. The molecule has 0 aliphatic rings. The molecule has 1 aromatic heterocycles. The second-order valence-corrected chi connectivity index (χ2v) is 4.84. The zero-order chi connectivity index (χ0) is 13.5. The van der Waals surface area contributed by atoms with Crippen LogP contribution in [0.4, 0.5) is 0 Å². The van der Waals surface area contributed by atoms with E-state index in [-0.39, 0.29) is 0 Å². The van der Waals surface area contributed by atoms with E-state index in [1.165, 1.54) is 5.56 Å². The van der Waals surface area contributed by atoms with E-state index in [0.29, 0.717) is 5.92 Å². The summed E-state index contributed by atoms with van der Waals surface area (Å²) in [4.78, 5) is 0. The summed E-state index contributed by atoms with van der Waals surface area (Å²) in [6, 6.07) is 10.7. The van der Waals surface area contributed by atoms with Crippen molar-refractivity contribution in [3.05, 3.63) is 47.8 Å². The Morgan fingerprint density at radius 2 is 2.05 bits per heavy atom. The van der Waals surface area contributed by atoms with Crippen molar-refractivity contribution in [1.29, 1.82) is 0 Å². The second kappa shape index (κ2) is 7.04. The molecule has 1 N–H and O–H groups in total. The standard InChI is InChI=1S/C15H22N4/c1-3-16-11-14(13-7-5-4-6-8-13)9-10-15-12-19(2)18-17-15/h4-8,12,14,16H,3,9-11H2,1-2H3. The molecule has 4 heteroatoms. The van der Waals surface area contributed by atoms with Gasteiger partial charge in [-0.1, -0.05) is 42.5 Å². The molecular formula is C15H22N4. The van der Waals surface area contributed by atoms with Gasteiger partial charge in [0, 0.05) is 19.8 Å². The van der Waals surface area contributed by atoms with E-state index in [1.54, 1.807) is 4.68 Å². The second-order valence-electron chi connectivity index (χ2n) is 4.84. The van der Waals surface area contributed by atoms with Crippen molar-refractivity contribution in [1.82, 2.24) is 20.3 Å². The Balaban J connectivity index is 1.97. The van der Waals surface area contributed by atoms with Crippen LogP contribution in [0.1, 0.15) is 30.5 Å². The average molecular weight is 258 g/mol. The maximum Gasteiger partial charge on any atom is 0.0827 e. The minimum absolute atomic E-state index is 0.531. The average Bonchev–Trinajstić information content (AvgIpc) is 2.86. The first-order valence-corrected chi connectivity index (χ1v) is 6.90. The van der Waals surface area contributed by atoms with Gasteiger partial charge in [0.1, 0.15) is 0 Å². The van der Waals surface area contributed by atoms with Crippen molar-refractivity contribution in [3.8, 4) is 0 Å². The van der Waals surface area contributed by atoms with Gasteiger partial charge in [-0.2, -0.15) is 0 Å². The molecule has 0 radical (unpaired) electrons. The molecule has 1 aromatic carbocycles. The summed E-state index contributed by atoms with van der Waals surface area (Å²) < 4.78 is 1.76. The van der Waals surface area contributed by atoms with Crippen LogP contribution >= 0.6 is 0 Å². The van der Waals surface area contributed by atoms with Crippen LogP contribution < -0.4 is 5.32 Å². The van der Waals surface area contributed by atoms with Crippen LogP contribution in [-0.4, -0.2) is 28.1 Å². The summed E-state index contributed by atoms with van der Waals surface area (Å²) in [5.74, 6) is 0.531. The lowest BCUT2D eigenvalue weighted by Crippen LogP contribution is -2.21. The summed E-state index contributed by atoms with van der Waals surface area (Å²) in [7, 11) is 1.91. The number of nitrogens with one attached hydrogen (secondary N) is 1. The van der Waals surface area contributed by atoms with Gasteiger partial charge in [-0.3, -0.25) is 4.68 Å². The molecule has 1 atom stereocenters. The molecule has 0 bridgehead atoms. The van der Waals surface area contributed by atoms with Crippen molar-refractivity contribution < 1.29 is 0 Å². The summed E-state index contributed by atoms with van der Waals surface area (Å²) >= 11 is 0. The topological polar surface area (TPSA) is 42.7 Å². The van der Waals surface area contributed by atoms with Gasteiger partial charge >= 0.3 is 0 Å². The molecule has 0 saturated heterocycles. The number of aromatic nitrogens is 3. The number of hydrogen-bond acceptors (Lipinski definition) is 3. The summed E-state index contributed by atoms with van der Waals surface area (Å²) in [6.45, 7) is 4.17. The van der Waals surface area contributed by atoms with E-state index >= 15 is 0 Å². The third kappa shape index (κ3) is 4.17. The number of hydrogen-bond donors (Lipinski definition) is 1. The first-order valence-electron chi connectivity index (χ1n) is 6.90. The van der Waals surface area contributed by atoms with E-state index < -0.39 is 0 Å². The first-order chi connectivity index (χ1) is 9.29. The lowest BCUT2D eigenvalue weighted by Gasteiger charge is -2.17. The van der Waals surface area contributed by atoms with Gasteiger partial charge in [-0.25, -0.2) is 0 Å². The van der Waals surface area contributed by atoms with Crippen molar-refractivity contribution in [2.75, 3.05) is 13.1 Å². The molecule has 1 unspecified atom stereocenters. The molecule has 19 heavy (non-hydrogen) atoms. The molecule has 0 saturated carbocycles. The highest BCUT2D eigenvalue weighted by Gasteiger charge is 2.11. The number of rotatable bonds is 7. The van der Waals surface area contributed by atoms with E-state index in [2.05, 4.69) is 52.9 Å². The van der Waals surface area contributed by atoms with Crippen LogP contribution in [0, 0.1) is 0 Å². The normalized spacial score (nSPS) is 12.5. The summed E-state index contributed by atoms with van der Waals surface area (Å²) in [5, 5.41) is 11.6. The maximum atomic E-state index is 4.15. The first kappa shape index (κ1) is 13.7. The summed E-state index contributed by atoms with van der Waals surface area (Å²) in [5.41, 5.74) is 2.47. The van der Waals surface area contributed by atoms with Crippen molar-refractivity contribution in [3.63, 3.8) is 0 Å². The Morgan fingerprint density at radius 1 is 1.26 bits per heavy atom. The molecule has 4 nitrogen and oxygen atoms in total. The zero-order valence-corrected chi connectivity index (χ0v) is 11.7. The third-order valence-electron chi connectivity index (χ3n) is 3.31. The molecule has 0 fully saturated rings. The molecule has 0 aliphatic heterocycles. The molecule has 0 aliphatic carbocycles. The van der Waals surface area contributed by atoms with Crippen LogP contribution in [-0.2, 0) is 13.5 Å². The molecule has 1 heterocycles. The van der Waals surface area contributed by atoms with Crippen LogP contribution in [0.2, 0.25) is 0 Å². The predicted octanol–water partition coefficient (Wildman–Crippen LogP) is 2.14. The van der Waals surface area contributed by atoms with E-state index in [0.717, 1.165) is 31.6 Å². The molecule has 0 amide bonds. The van der Waals surface area contributed by atoms with Gasteiger partial charge in [0.2, 0.25) is 0 Å². The quantitative estimate of drug-likeness (QED) is 0.827. The Kier molecular flexibility index (Phi) is 5.10. The number of aryl methyl sites for hydroxylation is 2. The van der Waals surface area contributed by atoms with E-state index in [9.17, 15) is 0 Å². The van der Waals surface area contributed by atoms with Crippen molar-refractivity contribution >= 4 is 0 Å². The highest BCUT2D eigenvalue weighted by molar-refractivity contribution is 5.20. The molecule has 0 spiro atoms. The lowest BCUT2D eigenvalue weighted by molar-refractivity contribution is 0.558. The van der Waals surface area contributed by atoms with Crippen LogP contribution in [0.25, 0.3) is 0 Å². The van der Waals surface area contributed by atoms with Crippen LogP contribution in [0.3, 0.4) is 0 Å². The number of likely N-dealkylation sites (N-methyl/N-ethyl adjacent to an activating group) is 1. The largest absolute Gasteiger partial charge is 0.316 e. The van der Waals surface area contributed by atoms with Gasteiger partial charge in [-0.15, -0.1) is 5.10 Å². The highest BCUT2D eigenvalue weighted by Crippen LogP contribution is 2.20. The van der Waals surface area contributed by atoms with Gasteiger partial charge in [0.25, 0.3) is 0 Å². The number of benzene rings is 1. The lowest BCUT2D eigenvalue weighted by atomic mass is 9.93. The SMILES string of the molecule is CCNCC(CCc1cn(C)nn1)c1ccccc1. The monoisotopic (exact) mass is 258 g/mol. The van der Waals surface area contributed by atoms with Crippen molar-refractivity contribution in [2.45, 2.75) is 25.7 Å². The fourth-order valence-corrected chi connectivity index (χ4v) is 2.26. The Labute approximate surface area is 114 Å². The van der Waals surface area contributed by atoms with E-state index in [1.807, 2.05) is 13.2 Å². The molecule has 102 valence electrons. The minimum Gasteiger partial charge on any atom is -0.316 e. The van der Waals surface area contributed by atoms with Gasteiger partial charge in [0.15, 0.2) is 0 Å². The Hall–Kier alpha value is -1.68. The van der Waals surface area contributed by atoms with Crippen molar-refractivity contribution in [2.24, 2.45) is 7.05 Å². The van der Waals surface area contributed by atoms with Gasteiger partial charge in [0.05, 0.1) is 5.69 Å². The summed E-state index contributed by atoms with van der Waals surface area (Å²) in [6.07, 6.45) is 4.06. The fourth-order valence-electron chi connectivity index (χ4n) is 2.26. The Bertz CT molecular complexity index is 478. The Morgan fingerprint density at radius 3 is 2.68 bits per heavy atom. The molecule has 2 aromatic rings. The van der Waals surface area contributed by atoms with Gasteiger partial charge < -0.3 is 5.32 Å². The third-order valence-corrected chi connectivity index (χ3v) is 3.31. The number of nitrogens with zero attached hydrogens (tertiary/aromatic N) is 3. The molecular weight excluding hydrogens is 236 g/mol. The molecule has 2 rings (SSSR count).